The van der Waals surface area contributed by atoms with Gasteiger partial charge in [-0.25, -0.2) is 19.0 Å². The quantitative estimate of drug-likeness (QED) is 0.154. The summed E-state index contributed by atoms with van der Waals surface area (Å²) in [7, 11) is 0. The molecule has 0 radical (unpaired) electrons. The summed E-state index contributed by atoms with van der Waals surface area (Å²) in [6.45, 7) is 7.88. The average Bonchev–Trinajstić information content (AvgIpc) is 3.72. The van der Waals surface area contributed by atoms with E-state index in [2.05, 4.69) is 34.8 Å². The number of hydrogen-bond acceptors (Lipinski definition) is 8. The molecule has 0 spiro atoms. The first-order valence-corrected chi connectivity index (χ1v) is 16.5. The highest BCUT2D eigenvalue weighted by Gasteiger charge is 2.36. The van der Waals surface area contributed by atoms with Crippen LogP contribution in [0, 0.1) is 22.6 Å². The van der Waals surface area contributed by atoms with Gasteiger partial charge in [0.25, 0.3) is 5.91 Å². The summed E-state index contributed by atoms with van der Waals surface area (Å²) in [6.07, 6.45) is 8.93. The molecule has 11 heteroatoms. The summed E-state index contributed by atoms with van der Waals surface area (Å²) in [6, 6.07) is 15.8. The van der Waals surface area contributed by atoms with Gasteiger partial charge < -0.3 is 20.3 Å². The molecule has 6 rings (SSSR count). The van der Waals surface area contributed by atoms with E-state index in [9.17, 15) is 10.1 Å². The number of nitrogen functional groups attached to an aromatic ring is 1. The highest BCUT2D eigenvalue weighted by molar-refractivity contribution is 5.99. The number of hydrogen-bond donors (Lipinski definition) is 1. The van der Waals surface area contributed by atoms with Crippen LogP contribution in [0.25, 0.3) is 22.3 Å². The number of fused-ring (bicyclic) bond motifs is 1. The molecule has 1 saturated heterocycles. The Labute approximate surface area is 274 Å². The van der Waals surface area contributed by atoms with E-state index in [0.717, 1.165) is 58.2 Å². The lowest BCUT2D eigenvalue weighted by molar-refractivity contribution is -0.128. The number of ether oxygens (including phenoxy) is 1. The third-order valence-corrected chi connectivity index (χ3v) is 9.56. The van der Waals surface area contributed by atoms with E-state index in [1.807, 2.05) is 24.3 Å². The lowest BCUT2D eigenvalue weighted by atomic mass is 9.83. The Kier molecular flexibility index (Phi) is 9.50. The topological polar surface area (TPSA) is 126 Å². The number of carbonyl (C=O) groups is 1. The number of aromatic nitrogens is 4. The SMILES string of the molecule is CCN(CC)CC1(C=C(C#N)C(=O)N2CCC[C@@H](n3nc(-c4ccc(Oc5ccccc5)cc4F)c4c(N)ncnc43)C2)CCCC1. The maximum absolute atomic E-state index is 15.7. The van der Waals surface area contributed by atoms with Crippen molar-refractivity contribution < 1.29 is 13.9 Å². The predicted molar refractivity (Wildman–Crippen MR) is 179 cm³/mol. The molecule has 1 amide bonds. The van der Waals surface area contributed by atoms with Gasteiger partial charge in [-0.05, 0) is 63.0 Å². The van der Waals surface area contributed by atoms with Gasteiger partial charge in [0.1, 0.15) is 46.8 Å². The lowest BCUT2D eigenvalue weighted by Gasteiger charge is -2.34. The predicted octanol–water partition coefficient (Wildman–Crippen LogP) is 6.52. The number of nitrogens with two attached hydrogens (primary N) is 1. The second kappa shape index (κ2) is 13.9. The first-order valence-electron chi connectivity index (χ1n) is 16.5. The van der Waals surface area contributed by atoms with Gasteiger partial charge in [-0.2, -0.15) is 10.4 Å². The largest absolute Gasteiger partial charge is 0.457 e. The van der Waals surface area contributed by atoms with Gasteiger partial charge in [0.15, 0.2) is 5.65 Å². The molecule has 0 unspecified atom stereocenters. The van der Waals surface area contributed by atoms with Crippen LogP contribution in [0.2, 0.25) is 0 Å². The smallest absolute Gasteiger partial charge is 0.264 e. The van der Waals surface area contributed by atoms with Crippen LogP contribution in [-0.4, -0.2) is 68.2 Å². The Balaban J connectivity index is 1.28. The number of halogens is 1. The van der Waals surface area contributed by atoms with E-state index in [-0.39, 0.29) is 34.3 Å². The van der Waals surface area contributed by atoms with Gasteiger partial charge in [0, 0.05) is 36.7 Å². The molecule has 47 heavy (non-hydrogen) atoms. The first-order chi connectivity index (χ1) is 22.8. The zero-order valence-electron chi connectivity index (χ0n) is 27.0. The number of likely N-dealkylation sites (tertiary alicyclic amines) is 1. The minimum atomic E-state index is -0.525. The monoisotopic (exact) mass is 636 g/mol. The second-order valence-electron chi connectivity index (χ2n) is 12.6. The summed E-state index contributed by atoms with van der Waals surface area (Å²) in [5, 5.41) is 15.5. The summed E-state index contributed by atoms with van der Waals surface area (Å²) in [5.74, 6) is 0.357. The summed E-state index contributed by atoms with van der Waals surface area (Å²) in [4.78, 5) is 26.7. The minimum absolute atomic E-state index is 0.171. The van der Waals surface area contributed by atoms with Gasteiger partial charge in [0.05, 0.1) is 11.4 Å². The first kappa shape index (κ1) is 32.1. The molecule has 0 bridgehead atoms. The van der Waals surface area contributed by atoms with Crippen molar-refractivity contribution in [2.24, 2.45) is 5.41 Å². The molecular formula is C36H41FN8O2. The standard InChI is InChI=1S/C36H41FN8O2/c1-3-43(4-2)23-36(16-8-9-17-36)20-25(21-38)35(46)44-18-10-11-26(22-44)45-34-31(33(39)40-24-41-34)32(42-45)29-15-14-28(19-30(29)37)47-27-12-6-5-7-13-27/h5-7,12-15,19-20,24,26H,3-4,8-11,16-18,22-23H2,1-2H3,(H2,39,40,41)/t26-/m1/s1. The van der Waals surface area contributed by atoms with E-state index >= 15 is 4.39 Å². The number of anilines is 1. The molecule has 1 aliphatic heterocycles. The van der Waals surface area contributed by atoms with Gasteiger partial charge in [-0.3, -0.25) is 4.79 Å². The van der Waals surface area contributed by atoms with Crippen LogP contribution in [-0.2, 0) is 4.79 Å². The van der Waals surface area contributed by atoms with Crippen LogP contribution in [0.1, 0.15) is 58.4 Å². The number of piperidine rings is 1. The molecule has 2 aromatic heterocycles. The summed E-state index contributed by atoms with van der Waals surface area (Å²) in [5.41, 5.74) is 7.40. The van der Waals surface area contributed by atoms with E-state index in [0.29, 0.717) is 41.3 Å². The molecule has 1 aliphatic carbocycles. The van der Waals surface area contributed by atoms with Crippen molar-refractivity contribution >= 4 is 22.8 Å². The molecule has 2 N–H and O–H groups in total. The summed E-state index contributed by atoms with van der Waals surface area (Å²) < 4.78 is 23.2. The normalized spacial score (nSPS) is 18.1. The van der Waals surface area contributed by atoms with Gasteiger partial charge in [-0.15, -0.1) is 0 Å². The minimum Gasteiger partial charge on any atom is -0.457 e. The van der Waals surface area contributed by atoms with Crippen LogP contribution in [0.5, 0.6) is 11.5 Å². The fraction of sp³-hybridized carbons (Fsp3) is 0.417. The molecule has 244 valence electrons. The van der Waals surface area contributed by atoms with E-state index in [4.69, 9.17) is 15.6 Å². The number of carbonyl (C=O) groups excluding carboxylic acids is 1. The third-order valence-electron chi connectivity index (χ3n) is 9.56. The average molecular weight is 637 g/mol. The maximum Gasteiger partial charge on any atom is 0.264 e. The van der Waals surface area contributed by atoms with Gasteiger partial charge in [0.2, 0.25) is 0 Å². The van der Waals surface area contributed by atoms with E-state index < -0.39 is 5.82 Å². The Hall–Kier alpha value is -4.82. The van der Waals surface area contributed by atoms with Crippen molar-refractivity contribution in [3.63, 3.8) is 0 Å². The number of nitrogens with zero attached hydrogens (tertiary/aromatic N) is 7. The van der Waals surface area contributed by atoms with Crippen molar-refractivity contribution in [2.45, 2.75) is 58.4 Å². The van der Waals surface area contributed by atoms with Gasteiger partial charge in [-0.1, -0.05) is 51.0 Å². The maximum atomic E-state index is 15.7. The van der Waals surface area contributed by atoms with Crippen LogP contribution in [0.15, 0.2) is 66.5 Å². The Bertz CT molecular complexity index is 1800. The lowest BCUT2D eigenvalue weighted by Crippen LogP contribution is -2.42. The Morgan fingerprint density at radius 2 is 1.89 bits per heavy atom. The Morgan fingerprint density at radius 1 is 1.13 bits per heavy atom. The van der Waals surface area contributed by atoms with Crippen LogP contribution >= 0.6 is 0 Å². The zero-order chi connectivity index (χ0) is 33.0. The molecular weight excluding hydrogens is 595 g/mol. The molecule has 4 aromatic rings. The van der Waals surface area contributed by atoms with Crippen molar-refractivity contribution in [1.82, 2.24) is 29.5 Å². The fourth-order valence-electron chi connectivity index (χ4n) is 7.09. The highest BCUT2D eigenvalue weighted by Crippen LogP contribution is 2.42. The molecule has 2 aliphatic rings. The van der Waals surface area contributed by atoms with Crippen LogP contribution < -0.4 is 10.5 Å². The molecule has 3 heterocycles. The molecule has 1 saturated carbocycles. The fourth-order valence-corrected chi connectivity index (χ4v) is 7.09. The van der Waals surface area contributed by atoms with Crippen molar-refractivity contribution in [3.05, 3.63) is 72.3 Å². The highest BCUT2D eigenvalue weighted by atomic mass is 19.1. The van der Waals surface area contributed by atoms with Crippen molar-refractivity contribution in [3.8, 4) is 28.8 Å². The molecule has 2 aromatic carbocycles. The molecule has 10 nitrogen and oxygen atoms in total. The Morgan fingerprint density at radius 3 is 2.60 bits per heavy atom. The van der Waals surface area contributed by atoms with Crippen molar-refractivity contribution in [1.29, 1.82) is 5.26 Å². The second-order valence-corrected chi connectivity index (χ2v) is 12.6. The number of benzene rings is 2. The molecule has 2 fully saturated rings. The third kappa shape index (κ3) is 6.69. The van der Waals surface area contributed by atoms with Crippen LogP contribution in [0.3, 0.4) is 0 Å². The van der Waals surface area contributed by atoms with E-state index in [1.54, 1.807) is 33.8 Å². The number of amides is 1. The summed E-state index contributed by atoms with van der Waals surface area (Å²) >= 11 is 0. The van der Waals surface area contributed by atoms with E-state index in [1.165, 1.54) is 12.4 Å². The number of nitriles is 1. The van der Waals surface area contributed by atoms with Gasteiger partial charge >= 0.3 is 0 Å². The molecule has 1 atom stereocenters. The van der Waals surface area contributed by atoms with Crippen molar-refractivity contribution in [2.75, 3.05) is 38.5 Å². The number of rotatable bonds is 10. The van der Waals surface area contributed by atoms with Crippen LogP contribution in [0.4, 0.5) is 10.2 Å². The zero-order valence-corrected chi connectivity index (χ0v) is 27.0. The number of para-hydroxylation sites is 1.